The van der Waals surface area contributed by atoms with Crippen LogP contribution in [0.15, 0.2) is 517 Å². The molecule has 0 radical (unpaired) electrons. The number of fused-ring (bicyclic) bond motifs is 29. The summed E-state index contributed by atoms with van der Waals surface area (Å²) in [5, 5.41) is 28.4. The molecule has 9 nitrogen and oxygen atoms in total. The maximum Gasteiger partial charge on any atom is 0.160 e. The fourth-order valence-electron chi connectivity index (χ4n) is 22.1. The van der Waals surface area contributed by atoms with Gasteiger partial charge in [-0.2, -0.15) is 0 Å². The summed E-state index contributed by atoms with van der Waals surface area (Å²) >= 11 is 0. The van der Waals surface area contributed by atoms with Gasteiger partial charge in [0, 0.05) is 93.2 Å². The van der Waals surface area contributed by atoms with Crippen LogP contribution in [0.3, 0.4) is 0 Å². The van der Waals surface area contributed by atoms with Crippen LogP contribution >= 0.6 is 0 Å². The van der Waals surface area contributed by atoms with Crippen molar-refractivity contribution in [3.8, 4) is 135 Å². The van der Waals surface area contributed by atoms with Crippen molar-refractivity contribution in [1.82, 2.24) is 29.9 Å². The lowest BCUT2D eigenvalue weighted by molar-refractivity contribution is 0.669. The van der Waals surface area contributed by atoms with Gasteiger partial charge in [-0.3, -0.25) is 0 Å². The molecule has 0 fully saturated rings. The van der Waals surface area contributed by atoms with Gasteiger partial charge in [0.25, 0.3) is 0 Å². The van der Waals surface area contributed by atoms with Gasteiger partial charge in [-0.1, -0.05) is 406 Å². The first-order valence-electron chi connectivity index (χ1n) is 50.1. The maximum atomic E-state index is 6.61. The van der Waals surface area contributed by atoms with E-state index in [-0.39, 0.29) is 0 Å². The van der Waals surface area contributed by atoms with Crippen molar-refractivity contribution in [1.29, 1.82) is 0 Å². The Morgan fingerprint density at radius 3 is 0.858 bits per heavy atom. The summed E-state index contributed by atoms with van der Waals surface area (Å²) in [7, 11) is 0. The smallest absolute Gasteiger partial charge is 0.160 e. The average molecular weight is 1890 g/mol. The molecule has 0 atom stereocenters. The average Bonchev–Trinajstić information content (AvgIpc) is 1.23. The highest BCUT2D eigenvalue weighted by Crippen LogP contribution is 2.49. The Labute approximate surface area is 851 Å². The van der Waals surface area contributed by atoms with Crippen LogP contribution in [0.5, 0.6) is 0 Å². The lowest BCUT2D eigenvalue weighted by Gasteiger charge is -2.14. The first-order chi connectivity index (χ1) is 73.2. The third-order valence-electron chi connectivity index (χ3n) is 29.2. The monoisotopic (exact) mass is 1890 g/mol. The number of nitrogens with zero attached hydrogens (tertiary/aromatic N) is 6. The molecule has 30 rings (SSSR count). The van der Waals surface area contributed by atoms with Gasteiger partial charge in [0.1, 0.15) is 33.5 Å². The van der Waals surface area contributed by atoms with E-state index < -0.39 is 0 Å². The van der Waals surface area contributed by atoms with E-state index in [1.807, 2.05) is 103 Å². The molecule has 6 heterocycles. The normalized spacial score (nSPS) is 11.7. The van der Waals surface area contributed by atoms with Gasteiger partial charge >= 0.3 is 0 Å². The minimum atomic E-state index is 0.700. The number of hydrogen-bond acceptors (Lipinski definition) is 9. The van der Waals surface area contributed by atoms with Gasteiger partial charge in [0.2, 0.25) is 0 Å². The van der Waals surface area contributed by atoms with Crippen molar-refractivity contribution >= 4 is 163 Å². The largest absolute Gasteiger partial charge is 0.456 e. The van der Waals surface area contributed by atoms with E-state index in [0.29, 0.717) is 17.5 Å². The molecule has 0 saturated carbocycles. The highest BCUT2D eigenvalue weighted by molar-refractivity contribution is 6.36. The molecule has 0 spiro atoms. The summed E-state index contributed by atoms with van der Waals surface area (Å²) in [4.78, 5) is 30.9. The molecular formula is C139H86N6O3. The van der Waals surface area contributed by atoms with Crippen LogP contribution in [0.25, 0.3) is 298 Å². The van der Waals surface area contributed by atoms with Gasteiger partial charge in [0.15, 0.2) is 17.5 Å². The highest BCUT2D eigenvalue weighted by Gasteiger charge is 2.25. The highest BCUT2D eigenvalue weighted by atomic mass is 16.3. The minimum Gasteiger partial charge on any atom is -0.456 e. The molecule has 0 unspecified atom stereocenters. The van der Waals surface area contributed by atoms with Crippen LogP contribution in [0.1, 0.15) is 5.56 Å². The van der Waals surface area contributed by atoms with Crippen molar-refractivity contribution in [2.45, 2.75) is 6.92 Å². The van der Waals surface area contributed by atoms with E-state index in [9.17, 15) is 0 Å². The number of hydrogen-bond donors (Lipinski definition) is 0. The Morgan fingerprint density at radius 1 is 0.128 bits per heavy atom. The van der Waals surface area contributed by atoms with E-state index in [1.165, 1.54) is 119 Å². The zero-order valence-electron chi connectivity index (χ0n) is 80.3. The van der Waals surface area contributed by atoms with E-state index in [1.54, 1.807) is 0 Å². The maximum absolute atomic E-state index is 6.61. The number of benzene rings is 24. The molecule has 0 bridgehead atoms. The SMILES string of the molecule is Cc1ccc2c(c1)c1cc(-c3cc(-c4cccc(-c5ccccc5)c4)nc(-c4ccccc4)n3)ccc1c1c2ccc2c3ccccc3oc21.c1ccc(-c2cccc(-c3cc(-c4ccc5c(c4)c4ccccc4c4c5ccc5oc6ccccc6c54)nc(-c4ccccc4)n3)c2)cc1.c1ccc(-c2cccc(-c3cc(-c4ccc5c(c4)c4ccccc4c4cc6c(cc54)oc4ccccc46)nc(-c4ccccc4)n3)c2)cc1. The fourth-order valence-corrected chi connectivity index (χ4v) is 22.1. The van der Waals surface area contributed by atoms with Crippen LogP contribution in [-0.2, 0) is 0 Å². The Morgan fingerprint density at radius 2 is 0.399 bits per heavy atom. The Hall–Kier alpha value is -19.7. The molecule has 6 aromatic heterocycles. The number of rotatable bonds is 12. The molecule has 24 aromatic carbocycles. The minimum absolute atomic E-state index is 0.700. The fraction of sp³-hybridized carbons (Fsp3) is 0.00719. The lowest BCUT2D eigenvalue weighted by Crippen LogP contribution is -1.96. The lowest BCUT2D eigenvalue weighted by atomic mass is 9.90. The van der Waals surface area contributed by atoms with Crippen molar-refractivity contribution in [2.75, 3.05) is 0 Å². The van der Waals surface area contributed by atoms with Crippen LogP contribution in [0.2, 0.25) is 0 Å². The van der Waals surface area contributed by atoms with Crippen molar-refractivity contribution in [3.63, 3.8) is 0 Å². The molecule has 0 aliphatic heterocycles. The van der Waals surface area contributed by atoms with E-state index in [2.05, 4.69) is 407 Å². The Balaban J connectivity index is 0.000000107. The molecule has 9 heteroatoms. The molecular weight excluding hydrogens is 1800 g/mol. The second kappa shape index (κ2) is 36.0. The second-order valence-corrected chi connectivity index (χ2v) is 38.2. The predicted octanol–water partition coefficient (Wildman–Crippen LogP) is 37.8. The van der Waals surface area contributed by atoms with Gasteiger partial charge in [-0.05, 0) is 230 Å². The Bertz CT molecular complexity index is 10600. The topological polar surface area (TPSA) is 117 Å². The molecule has 0 aliphatic carbocycles. The van der Waals surface area contributed by atoms with Gasteiger partial charge in [0.05, 0.1) is 34.2 Å². The van der Waals surface area contributed by atoms with Crippen molar-refractivity contribution in [3.05, 3.63) is 509 Å². The summed E-state index contributed by atoms with van der Waals surface area (Å²) in [6.45, 7) is 2.16. The van der Waals surface area contributed by atoms with Gasteiger partial charge in [-0.25, -0.2) is 29.9 Å². The molecule has 148 heavy (non-hydrogen) atoms. The molecule has 0 aliphatic rings. The zero-order valence-corrected chi connectivity index (χ0v) is 80.3. The van der Waals surface area contributed by atoms with E-state index in [4.69, 9.17) is 43.2 Å². The van der Waals surface area contributed by atoms with E-state index in [0.717, 1.165) is 167 Å². The van der Waals surface area contributed by atoms with Crippen LogP contribution in [-0.4, -0.2) is 29.9 Å². The molecule has 0 amide bonds. The summed E-state index contributed by atoms with van der Waals surface area (Å²) in [6.07, 6.45) is 0. The van der Waals surface area contributed by atoms with Crippen molar-refractivity contribution < 1.29 is 13.3 Å². The van der Waals surface area contributed by atoms with Crippen LogP contribution in [0.4, 0.5) is 0 Å². The first-order valence-corrected chi connectivity index (χ1v) is 50.1. The summed E-state index contributed by atoms with van der Waals surface area (Å²) in [6, 6.07) is 177. The zero-order chi connectivity index (χ0) is 97.8. The molecule has 0 N–H and O–H groups in total. The first kappa shape index (κ1) is 86.2. The van der Waals surface area contributed by atoms with Gasteiger partial charge in [-0.15, -0.1) is 0 Å². The van der Waals surface area contributed by atoms with Crippen LogP contribution < -0.4 is 0 Å². The second-order valence-electron chi connectivity index (χ2n) is 38.2. The molecule has 30 aromatic rings. The quantitative estimate of drug-likeness (QED) is 0.110. The third-order valence-corrected chi connectivity index (χ3v) is 29.2. The predicted molar refractivity (Wildman–Crippen MR) is 615 cm³/mol. The van der Waals surface area contributed by atoms with Gasteiger partial charge < -0.3 is 13.3 Å². The summed E-state index contributed by atoms with van der Waals surface area (Å²) < 4.78 is 19.3. The molecule has 0 saturated heterocycles. The third kappa shape index (κ3) is 15.3. The van der Waals surface area contributed by atoms with E-state index >= 15 is 0 Å². The standard InChI is InChI=1S/C47H30N2O.2C46H28N2O/c1-29-19-21-35-37-23-24-39-36-17-8-9-18-44(36)50-46(39)45(37)38-22-20-34(27-41(38)40(35)25-29)43-28-42(48-47(49-43)31-13-6-3-7-14-31)33-16-10-15-32(26-33)30-11-4-2-5-12-30;1-3-12-29(13-4-1)31-16-11-17-32(24-31)42-28-43(48-46(47-42)30-14-5-2-6-15-30)33-22-23-36-38(25-33)34-18-7-8-19-35(34)39-26-41-37-20-9-10-21-44(37)49-45(41)27-40(36)39;1-3-12-29(13-4-1)31-16-11-17-32(26-31)40-28-41(48-46(47-40)30-14-5-2-6-15-30)33-22-23-35-37-24-25-43-45(38-20-9-10-21-42(38)49-43)44(37)36-19-8-7-18-34(36)39(35)27-33/h2-28H,1H3;2*1-28H. The number of aromatic nitrogens is 6. The van der Waals surface area contributed by atoms with Crippen molar-refractivity contribution in [2.24, 2.45) is 0 Å². The number of para-hydroxylation sites is 3. The summed E-state index contributed by atoms with van der Waals surface area (Å²) in [5.74, 6) is 2.11. The molecule has 690 valence electrons. The van der Waals surface area contributed by atoms with Crippen LogP contribution in [0, 0.1) is 6.92 Å². The Kier molecular flexibility index (Phi) is 21.0. The number of furan rings is 3. The number of aryl methyl sites for hydroxylation is 1. The summed E-state index contributed by atoms with van der Waals surface area (Å²) in [5.41, 5.74) is 28.2.